The molecule has 0 amide bonds. The molecular weight excluding hydrogens is 240 g/mol. The van der Waals surface area contributed by atoms with Crippen LogP contribution in [-0.2, 0) is 7.05 Å². The molecule has 3 N–H and O–H groups in total. The number of hydrogen-bond donors (Lipinski definition) is 2. The molecule has 1 atom stereocenters. The molecule has 17 heavy (non-hydrogen) atoms. The second-order valence-electron chi connectivity index (χ2n) is 5.10. The normalized spacial score (nSPS) is 13.5. The lowest BCUT2D eigenvalue weighted by molar-refractivity contribution is 0.346. The lowest BCUT2D eigenvalue weighted by atomic mass is 9.86. The van der Waals surface area contributed by atoms with E-state index in [4.69, 9.17) is 17.3 Å². The van der Waals surface area contributed by atoms with Crippen LogP contribution in [-0.4, -0.2) is 22.4 Å². The Hall–Kier alpha value is -1.07. The molecule has 0 bridgehead atoms. The first-order chi connectivity index (χ1) is 7.77. The van der Waals surface area contributed by atoms with Gasteiger partial charge in [0.1, 0.15) is 5.02 Å². The van der Waals surface area contributed by atoms with E-state index in [2.05, 4.69) is 31.2 Å². The average Bonchev–Trinajstić information content (AvgIpc) is 2.23. The second-order valence-corrected chi connectivity index (χ2v) is 5.48. The fourth-order valence-corrected chi connectivity index (χ4v) is 1.65. The van der Waals surface area contributed by atoms with Gasteiger partial charge in [0, 0.05) is 19.6 Å². The summed E-state index contributed by atoms with van der Waals surface area (Å²) < 4.78 is 1.20. The van der Waals surface area contributed by atoms with Gasteiger partial charge in [0.05, 0.1) is 11.9 Å². The standard InChI is InChI=1S/C11H19ClN4O/c1-11(2,3)8(5-13)15-7-6-14-16(4)10(17)9(7)12/h6,8,15H,5,13H2,1-4H3. The van der Waals surface area contributed by atoms with E-state index in [0.717, 1.165) is 0 Å². The number of nitrogens with zero attached hydrogens (tertiary/aromatic N) is 2. The number of nitrogens with two attached hydrogens (primary N) is 1. The maximum absolute atomic E-state index is 11.6. The van der Waals surface area contributed by atoms with Gasteiger partial charge < -0.3 is 11.1 Å². The third-order valence-electron chi connectivity index (χ3n) is 2.69. The van der Waals surface area contributed by atoms with E-state index in [1.54, 1.807) is 7.05 Å². The number of aryl methyl sites for hydroxylation is 1. The summed E-state index contributed by atoms with van der Waals surface area (Å²) in [5.74, 6) is 0. The first-order valence-electron chi connectivity index (χ1n) is 5.45. The Morgan fingerprint density at radius 2 is 2.18 bits per heavy atom. The van der Waals surface area contributed by atoms with Crippen molar-refractivity contribution in [2.24, 2.45) is 18.2 Å². The molecule has 0 saturated heterocycles. The minimum Gasteiger partial charge on any atom is -0.378 e. The summed E-state index contributed by atoms with van der Waals surface area (Å²) in [5, 5.41) is 7.24. The van der Waals surface area contributed by atoms with E-state index in [9.17, 15) is 4.79 Å². The van der Waals surface area contributed by atoms with Gasteiger partial charge in [-0.2, -0.15) is 5.10 Å². The van der Waals surface area contributed by atoms with Crippen LogP contribution < -0.4 is 16.6 Å². The number of rotatable bonds is 3. The minimum absolute atomic E-state index is 0.0221. The smallest absolute Gasteiger partial charge is 0.287 e. The zero-order chi connectivity index (χ0) is 13.2. The monoisotopic (exact) mass is 258 g/mol. The summed E-state index contributed by atoms with van der Waals surface area (Å²) in [6, 6.07) is 0.0221. The van der Waals surface area contributed by atoms with E-state index in [0.29, 0.717) is 12.2 Å². The van der Waals surface area contributed by atoms with Crippen molar-refractivity contribution in [1.29, 1.82) is 0 Å². The second kappa shape index (κ2) is 5.06. The highest BCUT2D eigenvalue weighted by molar-refractivity contribution is 6.32. The Bertz CT molecular complexity index is 450. The minimum atomic E-state index is -0.318. The van der Waals surface area contributed by atoms with Crippen LogP contribution in [0.3, 0.4) is 0 Å². The van der Waals surface area contributed by atoms with Crippen molar-refractivity contribution < 1.29 is 0 Å². The molecule has 1 heterocycles. The summed E-state index contributed by atoms with van der Waals surface area (Å²) in [6.45, 7) is 6.66. The van der Waals surface area contributed by atoms with Crippen molar-refractivity contribution in [3.63, 3.8) is 0 Å². The highest BCUT2D eigenvalue weighted by Crippen LogP contribution is 2.24. The van der Waals surface area contributed by atoms with Gasteiger partial charge in [-0.25, -0.2) is 4.68 Å². The Balaban J connectivity index is 3.04. The molecule has 0 fully saturated rings. The van der Waals surface area contributed by atoms with Crippen LogP contribution in [0.5, 0.6) is 0 Å². The molecule has 0 radical (unpaired) electrons. The number of hydrogen-bond acceptors (Lipinski definition) is 4. The van der Waals surface area contributed by atoms with Crippen molar-refractivity contribution in [1.82, 2.24) is 9.78 Å². The van der Waals surface area contributed by atoms with Crippen LogP contribution in [0.2, 0.25) is 5.02 Å². The summed E-state index contributed by atoms with van der Waals surface area (Å²) in [7, 11) is 1.56. The van der Waals surface area contributed by atoms with Crippen LogP contribution in [0.15, 0.2) is 11.0 Å². The Morgan fingerprint density at radius 1 is 1.59 bits per heavy atom. The first-order valence-corrected chi connectivity index (χ1v) is 5.83. The number of halogens is 1. The lowest BCUT2D eigenvalue weighted by Gasteiger charge is -2.31. The maximum Gasteiger partial charge on any atom is 0.287 e. The third-order valence-corrected chi connectivity index (χ3v) is 3.05. The highest BCUT2D eigenvalue weighted by Gasteiger charge is 2.24. The first kappa shape index (κ1) is 14.0. The topological polar surface area (TPSA) is 72.9 Å². The molecule has 1 unspecified atom stereocenters. The predicted molar refractivity (Wildman–Crippen MR) is 70.4 cm³/mol. The van der Waals surface area contributed by atoms with E-state index in [1.165, 1.54) is 10.9 Å². The summed E-state index contributed by atoms with van der Waals surface area (Å²) >= 11 is 5.97. The fourth-order valence-electron chi connectivity index (χ4n) is 1.43. The molecule has 6 heteroatoms. The van der Waals surface area contributed by atoms with Gasteiger partial charge in [-0.1, -0.05) is 32.4 Å². The maximum atomic E-state index is 11.6. The van der Waals surface area contributed by atoms with Crippen LogP contribution in [0.25, 0.3) is 0 Å². The number of aromatic nitrogens is 2. The lowest BCUT2D eigenvalue weighted by Crippen LogP contribution is -2.41. The summed E-state index contributed by atoms with van der Waals surface area (Å²) in [5.41, 5.74) is 5.90. The zero-order valence-electron chi connectivity index (χ0n) is 10.6. The molecule has 0 aliphatic carbocycles. The summed E-state index contributed by atoms with van der Waals surface area (Å²) in [4.78, 5) is 11.6. The molecule has 0 saturated carbocycles. The molecule has 0 aromatic carbocycles. The molecule has 5 nitrogen and oxygen atoms in total. The van der Waals surface area contributed by atoms with Crippen molar-refractivity contribution in [3.05, 3.63) is 21.6 Å². The number of anilines is 1. The molecule has 1 aromatic rings. The van der Waals surface area contributed by atoms with E-state index in [-0.39, 0.29) is 22.0 Å². The average molecular weight is 259 g/mol. The van der Waals surface area contributed by atoms with Crippen LogP contribution in [0.4, 0.5) is 5.69 Å². The highest BCUT2D eigenvalue weighted by atomic mass is 35.5. The third kappa shape index (κ3) is 3.20. The van der Waals surface area contributed by atoms with Crippen molar-refractivity contribution >= 4 is 17.3 Å². The molecule has 0 aliphatic heterocycles. The van der Waals surface area contributed by atoms with Crippen LogP contribution in [0, 0.1) is 5.41 Å². The van der Waals surface area contributed by atoms with Gasteiger partial charge >= 0.3 is 0 Å². The summed E-state index contributed by atoms with van der Waals surface area (Å²) in [6.07, 6.45) is 1.54. The fraction of sp³-hybridized carbons (Fsp3) is 0.636. The van der Waals surface area contributed by atoms with Gasteiger partial charge in [-0.15, -0.1) is 0 Å². The Labute approximate surface area is 106 Å². The van der Waals surface area contributed by atoms with Gasteiger partial charge in [0.15, 0.2) is 0 Å². The molecule has 1 rings (SSSR count). The van der Waals surface area contributed by atoms with E-state index < -0.39 is 0 Å². The van der Waals surface area contributed by atoms with Crippen LogP contribution in [0.1, 0.15) is 20.8 Å². The van der Waals surface area contributed by atoms with Gasteiger partial charge in [0.25, 0.3) is 5.56 Å². The quantitative estimate of drug-likeness (QED) is 0.855. The predicted octanol–water partition coefficient (Wildman–Crippen LogP) is 1.22. The van der Waals surface area contributed by atoms with Crippen LogP contribution >= 0.6 is 11.6 Å². The van der Waals surface area contributed by atoms with Gasteiger partial charge in [0.2, 0.25) is 0 Å². The van der Waals surface area contributed by atoms with Crippen molar-refractivity contribution in [2.45, 2.75) is 26.8 Å². The molecule has 0 spiro atoms. The SMILES string of the molecule is Cn1ncc(NC(CN)C(C)(C)C)c(Cl)c1=O. The molecular formula is C11H19ClN4O. The number of nitrogens with one attached hydrogen (secondary N) is 1. The van der Waals surface area contributed by atoms with Crippen molar-refractivity contribution in [2.75, 3.05) is 11.9 Å². The molecule has 1 aromatic heterocycles. The van der Waals surface area contributed by atoms with E-state index >= 15 is 0 Å². The Morgan fingerprint density at radius 3 is 2.65 bits per heavy atom. The Kier molecular flexibility index (Phi) is 4.16. The van der Waals surface area contributed by atoms with Crippen molar-refractivity contribution in [3.8, 4) is 0 Å². The van der Waals surface area contributed by atoms with Gasteiger partial charge in [-0.3, -0.25) is 4.79 Å². The van der Waals surface area contributed by atoms with Gasteiger partial charge in [-0.05, 0) is 5.41 Å². The zero-order valence-corrected chi connectivity index (χ0v) is 11.4. The molecule has 96 valence electrons. The largest absolute Gasteiger partial charge is 0.378 e. The van der Waals surface area contributed by atoms with E-state index in [1.807, 2.05) is 0 Å². The molecule has 0 aliphatic rings.